The second kappa shape index (κ2) is 8.35. The fourth-order valence-corrected chi connectivity index (χ4v) is 5.30. The van der Waals surface area contributed by atoms with Gasteiger partial charge in [0.25, 0.3) is 5.91 Å². The van der Waals surface area contributed by atoms with Crippen molar-refractivity contribution in [3.8, 4) is 0 Å². The average Bonchev–Trinajstić information content (AvgIpc) is 2.58. The third-order valence-electron chi connectivity index (χ3n) is 4.68. The molecule has 2 atom stereocenters. The van der Waals surface area contributed by atoms with Crippen molar-refractivity contribution < 1.29 is 13.2 Å². The lowest BCUT2D eigenvalue weighted by atomic mass is 9.94. The first-order valence-corrected chi connectivity index (χ1v) is 10.6. The lowest BCUT2D eigenvalue weighted by Gasteiger charge is -2.34. The normalized spacial score (nSPS) is 21.4. The van der Waals surface area contributed by atoms with Crippen LogP contribution in [-0.2, 0) is 10.0 Å². The molecule has 0 spiro atoms. The first-order chi connectivity index (χ1) is 12.1. The van der Waals surface area contributed by atoms with Crippen LogP contribution in [0.4, 0.5) is 0 Å². The molecule has 0 radical (unpaired) electrons. The summed E-state index contributed by atoms with van der Waals surface area (Å²) in [5.41, 5.74) is 1.28. The summed E-state index contributed by atoms with van der Waals surface area (Å²) in [4.78, 5) is 14.6. The van der Waals surface area contributed by atoms with E-state index in [2.05, 4.69) is 20.4 Å². The summed E-state index contributed by atoms with van der Waals surface area (Å²) in [6.45, 7) is 13.9. The molecule has 0 N–H and O–H groups in total. The van der Waals surface area contributed by atoms with Gasteiger partial charge in [0.2, 0.25) is 10.0 Å². The molecule has 2 unspecified atom stereocenters. The van der Waals surface area contributed by atoms with Gasteiger partial charge in [-0.25, -0.2) is 8.42 Å². The van der Waals surface area contributed by atoms with Gasteiger partial charge in [0.1, 0.15) is 0 Å². The van der Waals surface area contributed by atoms with Crippen LogP contribution in [0.2, 0.25) is 0 Å². The lowest BCUT2D eigenvalue weighted by Crippen LogP contribution is -2.42. The molecule has 2 rings (SSSR count). The largest absolute Gasteiger partial charge is 0.335 e. The minimum absolute atomic E-state index is 0.173. The highest BCUT2D eigenvalue weighted by Crippen LogP contribution is 2.27. The van der Waals surface area contributed by atoms with Gasteiger partial charge < -0.3 is 4.90 Å². The van der Waals surface area contributed by atoms with Gasteiger partial charge >= 0.3 is 0 Å². The number of amides is 1. The first-order valence-electron chi connectivity index (χ1n) is 9.19. The zero-order valence-electron chi connectivity index (χ0n) is 16.2. The molecule has 1 heterocycles. The Hall–Kier alpha value is -1.66. The Morgan fingerprint density at radius 1 is 1.27 bits per heavy atom. The van der Waals surface area contributed by atoms with Crippen LogP contribution < -0.4 is 0 Å². The molecule has 0 aliphatic carbocycles. The van der Waals surface area contributed by atoms with Crippen LogP contribution in [0.5, 0.6) is 0 Å². The van der Waals surface area contributed by atoms with Crippen molar-refractivity contribution in [1.29, 1.82) is 0 Å². The number of sulfonamides is 1. The van der Waals surface area contributed by atoms with Crippen molar-refractivity contribution in [2.45, 2.75) is 39.0 Å². The van der Waals surface area contributed by atoms with Gasteiger partial charge in [-0.2, -0.15) is 4.31 Å². The van der Waals surface area contributed by atoms with Crippen LogP contribution in [0.1, 0.15) is 44.5 Å². The third-order valence-corrected chi connectivity index (χ3v) is 6.51. The van der Waals surface area contributed by atoms with E-state index in [1.807, 2.05) is 13.8 Å². The molecule has 6 heteroatoms. The van der Waals surface area contributed by atoms with E-state index in [0.717, 1.165) is 12.0 Å². The number of hydrogen-bond acceptors (Lipinski definition) is 3. The Kier molecular flexibility index (Phi) is 6.64. The highest BCUT2D eigenvalue weighted by Gasteiger charge is 2.32. The molecule has 1 aliphatic heterocycles. The summed E-state index contributed by atoms with van der Waals surface area (Å²) in [7, 11) is -3.59. The molecule has 144 valence electrons. The number of nitrogens with zero attached hydrogens (tertiary/aromatic N) is 2. The van der Waals surface area contributed by atoms with Crippen LogP contribution >= 0.6 is 0 Å². The summed E-state index contributed by atoms with van der Waals surface area (Å²) in [5, 5.41) is 0. The lowest BCUT2D eigenvalue weighted by molar-refractivity contribution is 0.0778. The number of likely N-dealkylation sites (N-methyl/N-ethyl adjacent to an activating group) is 1. The van der Waals surface area contributed by atoms with Crippen LogP contribution in [0.15, 0.2) is 41.3 Å². The monoisotopic (exact) mass is 378 g/mol. The standard InChI is InChI=1S/C20H30N2O3S/c1-6-21(12-15(2)3)20(23)18-8-7-9-19(11-18)26(24,25)22-13-16(4)10-17(5)14-22/h7-9,11,16-17H,2,6,10,12-14H2,1,3-5H3. The summed E-state index contributed by atoms with van der Waals surface area (Å²) in [6.07, 6.45) is 1.04. The maximum absolute atomic E-state index is 13.1. The van der Waals surface area contributed by atoms with Crippen LogP contribution in [0, 0.1) is 11.8 Å². The summed E-state index contributed by atoms with van der Waals surface area (Å²) < 4.78 is 27.7. The minimum Gasteiger partial charge on any atom is -0.335 e. The van der Waals surface area contributed by atoms with E-state index in [1.54, 1.807) is 27.4 Å². The molecule has 1 aromatic rings. The van der Waals surface area contributed by atoms with E-state index in [0.29, 0.717) is 43.6 Å². The zero-order valence-corrected chi connectivity index (χ0v) is 17.1. The van der Waals surface area contributed by atoms with E-state index < -0.39 is 10.0 Å². The van der Waals surface area contributed by atoms with E-state index in [-0.39, 0.29) is 10.8 Å². The molecular weight excluding hydrogens is 348 g/mol. The smallest absolute Gasteiger partial charge is 0.254 e. The van der Waals surface area contributed by atoms with Crippen molar-refractivity contribution in [2.75, 3.05) is 26.2 Å². The van der Waals surface area contributed by atoms with Crippen LogP contribution in [0.25, 0.3) is 0 Å². The molecule has 1 aliphatic rings. The second-order valence-electron chi connectivity index (χ2n) is 7.57. The fraction of sp³-hybridized carbons (Fsp3) is 0.550. The number of hydrogen-bond donors (Lipinski definition) is 0. The second-order valence-corrected chi connectivity index (χ2v) is 9.51. The predicted molar refractivity (Wildman–Crippen MR) is 105 cm³/mol. The van der Waals surface area contributed by atoms with E-state index in [4.69, 9.17) is 0 Å². The van der Waals surface area contributed by atoms with Crippen molar-refractivity contribution >= 4 is 15.9 Å². The van der Waals surface area contributed by atoms with Crippen LogP contribution in [-0.4, -0.2) is 49.7 Å². The molecule has 1 aromatic carbocycles. The average molecular weight is 379 g/mol. The van der Waals surface area contributed by atoms with Crippen molar-refractivity contribution in [3.63, 3.8) is 0 Å². The van der Waals surface area contributed by atoms with E-state index in [1.165, 1.54) is 6.07 Å². The topological polar surface area (TPSA) is 57.7 Å². The molecule has 0 saturated carbocycles. The molecule has 26 heavy (non-hydrogen) atoms. The maximum Gasteiger partial charge on any atom is 0.254 e. The van der Waals surface area contributed by atoms with Gasteiger partial charge in [-0.05, 0) is 50.3 Å². The van der Waals surface area contributed by atoms with Crippen molar-refractivity contribution in [1.82, 2.24) is 9.21 Å². The van der Waals surface area contributed by atoms with Crippen LogP contribution in [0.3, 0.4) is 0 Å². The number of carbonyl (C=O) groups excluding carboxylic acids is 1. The highest BCUT2D eigenvalue weighted by molar-refractivity contribution is 7.89. The molecule has 1 amide bonds. The molecule has 5 nitrogen and oxygen atoms in total. The Bertz CT molecular complexity index is 763. The Morgan fingerprint density at radius 2 is 1.88 bits per heavy atom. The molecule has 0 aromatic heterocycles. The van der Waals surface area contributed by atoms with Crippen molar-refractivity contribution in [2.24, 2.45) is 11.8 Å². The summed E-state index contributed by atoms with van der Waals surface area (Å²) >= 11 is 0. The Morgan fingerprint density at radius 3 is 2.42 bits per heavy atom. The minimum atomic E-state index is -3.59. The number of rotatable bonds is 6. The third kappa shape index (κ3) is 4.74. The predicted octanol–water partition coefficient (Wildman–Crippen LogP) is 3.39. The first kappa shape index (κ1) is 20.6. The molecular formula is C20H30N2O3S. The summed E-state index contributed by atoms with van der Waals surface area (Å²) in [5.74, 6) is 0.502. The Labute approximate surface area is 157 Å². The Balaban J connectivity index is 2.30. The van der Waals surface area contributed by atoms with Gasteiger partial charge in [-0.15, -0.1) is 0 Å². The van der Waals surface area contributed by atoms with Gasteiger partial charge in [0.15, 0.2) is 0 Å². The van der Waals surface area contributed by atoms with Gasteiger partial charge in [-0.1, -0.05) is 32.1 Å². The number of piperidine rings is 1. The van der Waals surface area contributed by atoms with E-state index >= 15 is 0 Å². The number of benzene rings is 1. The zero-order chi connectivity index (χ0) is 19.5. The summed E-state index contributed by atoms with van der Waals surface area (Å²) in [6, 6.07) is 6.39. The highest BCUT2D eigenvalue weighted by atomic mass is 32.2. The molecule has 0 bridgehead atoms. The maximum atomic E-state index is 13.1. The molecule has 1 saturated heterocycles. The van der Waals surface area contributed by atoms with Gasteiger partial charge in [0.05, 0.1) is 4.90 Å². The SMILES string of the molecule is C=C(C)CN(CC)C(=O)c1cccc(S(=O)(=O)N2CC(C)CC(C)C2)c1. The number of carbonyl (C=O) groups is 1. The fourth-order valence-electron chi connectivity index (χ4n) is 3.58. The quantitative estimate of drug-likeness (QED) is 0.713. The van der Waals surface area contributed by atoms with E-state index in [9.17, 15) is 13.2 Å². The van der Waals surface area contributed by atoms with Crippen molar-refractivity contribution in [3.05, 3.63) is 42.0 Å². The van der Waals surface area contributed by atoms with Gasteiger partial charge in [-0.3, -0.25) is 4.79 Å². The van der Waals surface area contributed by atoms with Gasteiger partial charge in [0, 0.05) is 31.7 Å². The molecule has 1 fully saturated rings.